The van der Waals surface area contributed by atoms with Gasteiger partial charge in [0.2, 0.25) is 5.91 Å². The number of nitrogens with two attached hydrogens (primary N) is 2. The summed E-state index contributed by atoms with van der Waals surface area (Å²) in [5.74, 6) is 0.0302. The molecule has 2 aromatic rings. The Bertz CT molecular complexity index is 601. The van der Waals surface area contributed by atoms with E-state index in [0.717, 1.165) is 23.5 Å². The molecule has 0 bridgehead atoms. The number of rotatable bonds is 5. The quantitative estimate of drug-likeness (QED) is 0.849. The first kappa shape index (κ1) is 14.2. The van der Waals surface area contributed by atoms with Gasteiger partial charge in [-0.1, -0.05) is 19.1 Å². The minimum atomic E-state index is -0.444. The van der Waals surface area contributed by atoms with Crippen molar-refractivity contribution in [2.24, 2.45) is 17.4 Å². The van der Waals surface area contributed by atoms with Gasteiger partial charge in [0, 0.05) is 12.1 Å². The first-order chi connectivity index (χ1) is 9.52. The Labute approximate surface area is 117 Å². The van der Waals surface area contributed by atoms with Gasteiger partial charge in [-0.2, -0.15) is 0 Å². The van der Waals surface area contributed by atoms with Gasteiger partial charge in [0.25, 0.3) is 0 Å². The molecule has 1 heterocycles. The number of hydrogen-bond acceptors (Lipinski definition) is 4. The van der Waals surface area contributed by atoms with E-state index in [-0.39, 0.29) is 0 Å². The van der Waals surface area contributed by atoms with Crippen LogP contribution >= 0.6 is 0 Å². The van der Waals surface area contributed by atoms with Crippen LogP contribution in [0.15, 0.2) is 24.3 Å². The molecule has 0 radical (unpaired) electrons. The maximum Gasteiger partial charge on any atom is 0.248 e. The lowest BCUT2D eigenvalue weighted by Gasteiger charge is -2.10. The van der Waals surface area contributed by atoms with E-state index in [1.165, 1.54) is 0 Å². The number of amides is 1. The number of nitrogens with zero attached hydrogens (tertiary/aromatic N) is 3. The largest absolute Gasteiger partial charge is 0.366 e. The monoisotopic (exact) mass is 273 g/mol. The highest BCUT2D eigenvalue weighted by atomic mass is 16.1. The molecule has 2 rings (SSSR count). The molecule has 1 aromatic heterocycles. The third kappa shape index (κ3) is 2.85. The van der Waals surface area contributed by atoms with Gasteiger partial charge in [0.05, 0.1) is 17.1 Å². The highest BCUT2D eigenvalue weighted by molar-refractivity contribution is 5.92. The van der Waals surface area contributed by atoms with E-state index in [9.17, 15) is 4.79 Å². The van der Waals surface area contributed by atoms with E-state index in [1.54, 1.807) is 28.9 Å². The van der Waals surface area contributed by atoms with Gasteiger partial charge >= 0.3 is 0 Å². The van der Waals surface area contributed by atoms with Crippen LogP contribution in [0.2, 0.25) is 0 Å². The minimum Gasteiger partial charge on any atom is -0.366 e. The summed E-state index contributed by atoms with van der Waals surface area (Å²) >= 11 is 0. The Kier molecular flexibility index (Phi) is 4.14. The number of aromatic nitrogens is 3. The van der Waals surface area contributed by atoms with E-state index in [4.69, 9.17) is 11.5 Å². The van der Waals surface area contributed by atoms with Crippen molar-refractivity contribution in [1.82, 2.24) is 15.0 Å². The summed E-state index contributed by atoms with van der Waals surface area (Å²) in [6.07, 6.45) is 0.844. The topological polar surface area (TPSA) is 99.8 Å². The number of carbonyl (C=O) groups excluding carboxylic acids is 1. The summed E-state index contributed by atoms with van der Waals surface area (Å²) in [7, 11) is 0. The first-order valence-electron chi connectivity index (χ1n) is 6.56. The van der Waals surface area contributed by atoms with Crippen LogP contribution in [0, 0.1) is 5.92 Å². The summed E-state index contributed by atoms with van der Waals surface area (Å²) in [5.41, 5.74) is 14.1. The molecule has 0 spiro atoms. The predicted octanol–water partition coefficient (Wildman–Crippen LogP) is 1.02. The summed E-state index contributed by atoms with van der Waals surface area (Å²) in [4.78, 5) is 11.1. The van der Waals surface area contributed by atoms with Crippen LogP contribution < -0.4 is 11.5 Å². The van der Waals surface area contributed by atoms with Gasteiger partial charge in [-0.15, -0.1) is 5.10 Å². The van der Waals surface area contributed by atoms with Crippen molar-refractivity contribution in [3.05, 3.63) is 41.2 Å². The van der Waals surface area contributed by atoms with Crippen molar-refractivity contribution >= 4 is 5.91 Å². The second-order valence-corrected chi connectivity index (χ2v) is 5.11. The van der Waals surface area contributed by atoms with Crippen molar-refractivity contribution in [2.45, 2.75) is 26.8 Å². The van der Waals surface area contributed by atoms with Crippen molar-refractivity contribution in [3.8, 4) is 5.69 Å². The zero-order valence-corrected chi connectivity index (χ0v) is 11.7. The van der Waals surface area contributed by atoms with Crippen LogP contribution in [-0.4, -0.2) is 20.9 Å². The lowest BCUT2D eigenvalue weighted by molar-refractivity contribution is 0.100. The van der Waals surface area contributed by atoms with Crippen LogP contribution in [0.4, 0.5) is 0 Å². The molecule has 0 unspecified atom stereocenters. The van der Waals surface area contributed by atoms with E-state index >= 15 is 0 Å². The Morgan fingerprint density at radius 1 is 1.30 bits per heavy atom. The van der Waals surface area contributed by atoms with E-state index < -0.39 is 5.91 Å². The SMILES string of the molecule is CC(C)Cc1c(CN)nnn1-c1ccc(C(N)=O)cc1. The maximum absolute atomic E-state index is 11.1. The Morgan fingerprint density at radius 3 is 2.45 bits per heavy atom. The molecule has 6 heteroatoms. The Balaban J connectivity index is 2.41. The normalized spacial score (nSPS) is 11.0. The van der Waals surface area contributed by atoms with Crippen LogP contribution in [0.25, 0.3) is 5.69 Å². The van der Waals surface area contributed by atoms with Crippen LogP contribution in [0.3, 0.4) is 0 Å². The van der Waals surface area contributed by atoms with E-state index in [1.807, 2.05) is 0 Å². The third-order valence-electron chi connectivity index (χ3n) is 3.03. The molecule has 20 heavy (non-hydrogen) atoms. The molecule has 0 fully saturated rings. The molecule has 0 saturated heterocycles. The highest BCUT2D eigenvalue weighted by Crippen LogP contribution is 2.17. The van der Waals surface area contributed by atoms with Crippen LogP contribution in [-0.2, 0) is 13.0 Å². The van der Waals surface area contributed by atoms with Gasteiger partial charge in [0.1, 0.15) is 0 Å². The molecule has 0 aliphatic carbocycles. The molecule has 1 amide bonds. The smallest absolute Gasteiger partial charge is 0.248 e. The number of benzene rings is 1. The highest BCUT2D eigenvalue weighted by Gasteiger charge is 2.14. The molecule has 106 valence electrons. The fourth-order valence-corrected chi connectivity index (χ4v) is 2.06. The van der Waals surface area contributed by atoms with Gasteiger partial charge < -0.3 is 11.5 Å². The van der Waals surface area contributed by atoms with Crippen LogP contribution in [0.5, 0.6) is 0 Å². The summed E-state index contributed by atoms with van der Waals surface area (Å²) in [6.45, 7) is 4.63. The standard InChI is InChI=1S/C14H19N5O/c1-9(2)7-13-12(8-15)17-18-19(13)11-5-3-10(4-6-11)14(16)20/h3-6,9H,7-8,15H2,1-2H3,(H2,16,20). The summed E-state index contributed by atoms with van der Waals surface area (Å²) in [5, 5.41) is 8.27. The minimum absolute atomic E-state index is 0.363. The fourth-order valence-electron chi connectivity index (χ4n) is 2.06. The molecule has 0 saturated carbocycles. The molecule has 4 N–H and O–H groups in total. The van der Waals surface area contributed by atoms with Crippen molar-refractivity contribution in [3.63, 3.8) is 0 Å². The molecule has 0 aliphatic rings. The lowest BCUT2D eigenvalue weighted by atomic mass is 10.1. The Morgan fingerprint density at radius 2 is 1.95 bits per heavy atom. The Hall–Kier alpha value is -2.21. The zero-order valence-electron chi connectivity index (χ0n) is 11.7. The van der Waals surface area contributed by atoms with Gasteiger partial charge in [-0.3, -0.25) is 4.79 Å². The van der Waals surface area contributed by atoms with E-state index in [2.05, 4.69) is 24.2 Å². The summed E-state index contributed by atoms with van der Waals surface area (Å²) in [6, 6.07) is 6.97. The molecular weight excluding hydrogens is 254 g/mol. The number of hydrogen-bond donors (Lipinski definition) is 2. The average molecular weight is 273 g/mol. The maximum atomic E-state index is 11.1. The molecular formula is C14H19N5O. The zero-order chi connectivity index (χ0) is 14.7. The lowest BCUT2D eigenvalue weighted by Crippen LogP contribution is -2.12. The van der Waals surface area contributed by atoms with Gasteiger partial charge in [-0.25, -0.2) is 4.68 Å². The van der Waals surface area contributed by atoms with Crippen LogP contribution in [0.1, 0.15) is 35.6 Å². The first-order valence-corrected chi connectivity index (χ1v) is 6.56. The average Bonchev–Trinajstić information content (AvgIpc) is 2.81. The third-order valence-corrected chi connectivity index (χ3v) is 3.03. The number of primary amides is 1. The fraction of sp³-hybridized carbons (Fsp3) is 0.357. The molecule has 6 nitrogen and oxygen atoms in total. The summed E-state index contributed by atoms with van der Waals surface area (Å²) < 4.78 is 1.77. The second-order valence-electron chi connectivity index (χ2n) is 5.11. The molecule has 0 atom stereocenters. The van der Waals surface area contributed by atoms with E-state index in [0.29, 0.717) is 18.0 Å². The molecule has 1 aromatic carbocycles. The van der Waals surface area contributed by atoms with Crippen molar-refractivity contribution < 1.29 is 4.79 Å². The second kappa shape index (κ2) is 5.83. The van der Waals surface area contributed by atoms with Crippen molar-refractivity contribution in [1.29, 1.82) is 0 Å². The predicted molar refractivity (Wildman–Crippen MR) is 76.3 cm³/mol. The van der Waals surface area contributed by atoms with Gasteiger partial charge in [0.15, 0.2) is 0 Å². The molecule has 0 aliphatic heterocycles. The number of carbonyl (C=O) groups is 1. The van der Waals surface area contributed by atoms with Gasteiger partial charge in [-0.05, 0) is 36.6 Å². The van der Waals surface area contributed by atoms with Crippen molar-refractivity contribution in [2.75, 3.05) is 0 Å².